The number of nitrogens with two attached hydrogens (primary N) is 1. The monoisotopic (exact) mass is 340 g/mol. The van der Waals surface area contributed by atoms with Gasteiger partial charge in [-0.2, -0.15) is 0 Å². The third-order valence-electron chi connectivity index (χ3n) is 3.84. The molecule has 1 amide bonds. The van der Waals surface area contributed by atoms with Crippen molar-refractivity contribution in [2.45, 2.75) is 39.3 Å². The minimum absolute atomic E-state index is 0.105. The molecule has 0 aliphatic carbocycles. The summed E-state index contributed by atoms with van der Waals surface area (Å²) in [7, 11) is 0. The van der Waals surface area contributed by atoms with Crippen LogP contribution in [0.15, 0.2) is 16.6 Å². The lowest BCUT2D eigenvalue weighted by Gasteiger charge is -2.18. The molecule has 110 valence electrons. The number of hydrogen-bond acceptors (Lipinski definition) is 3. The predicted octanol–water partition coefficient (Wildman–Crippen LogP) is 2.37. The number of carbonyl (C=O) groups excluding carboxylic acids is 1. The summed E-state index contributed by atoms with van der Waals surface area (Å²) in [5.74, 6) is 0.983. The number of fused-ring (bicyclic) bond motifs is 1. The van der Waals surface area contributed by atoms with Crippen LogP contribution in [-0.2, 0) is 17.8 Å². The highest BCUT2D eigenvalue weighted by Crippen LogP contribution is 2.32. The van der Waals surface area contributed by atoms with Crippen LogP contribution >= 0.6 is 15.9 Å². The number of nitrogens with one attached hydrogen (secondary N) is 1. The number of hydrogen-bond donors (Lipinski definition) is 2. The van der Waals surface area contributed by atoms with Gasteiger partial charge in [-0.15, -0.1) is 0 Å². The molecule has 1 heterocycles. The van der Waals surface area contributed by atoms with Crippen LogP contribution in [0.1, 0.15) is 31.4 Å². The summed E-state index contributed by atoms with van der Waals surface area (Å²) in [6.07, 6.45) is 1.81. The molecule has 0 aromatic heterocycles. The average molecular weight is 341 g/mol. The second-order valence-electron chi connectivity index (χ2n) is 5.28. The molecule has 1 unspecified atom stereocenters. The number of halogens is 1. The summed E-state index contributed by atoms with van der Waals surface area (Å²) in [5, 5.41) is 2.91. The summed E-state index contributed by atoms with van der Waals surface area (Å²) >= 11 is 3.49. The van der Waals surface area contributed by atoms with E-state index in [4.69, 9.17) is 10.5 Å². The second kappa shape index (κ2) is 6.59. The van der Waals surface area contributed by atoms with E-state index in [-0.39, 0.29) is 11.8 Å². The summed E-state index contributed by atoms with van der Waals surface area (Å²) in [5.41, 5.74) is 8.11. The first-order valence-electron chi connectivity index (χ1n) is 7.00. The maximum atomic E-state index is 12.0. The van der Waals surface area contributed by atoms with Crippen LogP contribution in [0, 0.1) is 5.92 Å². The zero-order valence-electron chi connectivity index (χ0n) is 11.9. The van der Waals surface area contributed by atoms with E-state index in [0.717, 1.165) is 28.6 Å². The van der Waals surface area contributed by atoms with Crippen LogP contribution in [0.3, 0.4) is 0 Å². The van der Waals surface area contributed by atoms with Crippen molar-refractivity contribution in [3.05, 3.63) is 27.7 Å². The Morgan fingerprint density at radius 3 is 3.00 bits per heavy atom. The molecule has 0 radical (unpaired) electrons. The van der Waals surface area contributed by atoms with Gasteiger partial charge in [-0.1, -0.05) is 36.2 Å². The first-order valence-corrected chi connectivity index (χ1v) is 7.79. The fourth-order valence-corrected chi connectivity index (χ4v) is 2.84. The van der Waals surface area contributed by atoms with Crippen LogP contribution < -0.4 is 15.8 Å². The minimum Gasteiger partial charge on any atom is -0.493 e. The van der Waals surface area contributed by atoms with Gasteiger partial charge in [0, 0.05) is 23.0 Å². The van der Waals surface area contributed by atoms with Crippen molar-refractivity contribution in [1.82, 2.24) is 5.32 Å². The van der Waals surface area contributed by atoms with Crippen molar-refractivity contribution in [3.8, 4) is 5.75 Å². The summed E-state index contributed by atoms with van der Waals surface area (Å²) in [6.45, 7) is 5.18. The normalized spacial score (nSPS) is 16.2. The first-order chi connectivity index (χ1) is 9.52. The molecule has 1 aromatic rings. The molecular formula is C15H21BrN2O2. The highest BCUT2D eigenvalue weighted by molar-refractivity contribution is 9.10. The number of carbonyl (C=O) groups is 1. The van der Waals surface area contributed by atoms with Crippen molar-refractivity contribution in [1.29, 1.82) is 0 Å². The average Bonchev–Trinajstić information content (AvgIpc) is 2.90. The Labute approximate surface area is 128 Å². The number of benzene rings is 1. The molecule has 0 saturated heterocycles. The summed E-state index contributed by atoms with van der Waals surface area (Å²) in [6, 6.07) is 3.60. The lowest BCUT2D eigenvalue weighted by Crippen LogP contribution is -2.44. The Kier molecular flexibility index (Phi) is 5.05. The van der Waals surface area contributed by atoms with Gasteiger partial charge in [0.25, 0.3) is 0 Å². The van der Waals surface area contributed by atoms with E-state index in [1.54, 1.807) is 0 Å². The van der Waals surface area contributed by atoms with Crippen molar-refractivity contribution in [3.63, 3.8) is 0 Å². The molecule has 0 spiro atoms. The highest BCUT2D eigenvalue weighted by atomic mass is 79.9. The SMILES string of the molecule is CCC(C)[C@H](N)C(=O)NCc1cc(Br)cc2c1OCC2. The van der Waals surface area contributed by atoms with E-state index >= 15 is 0 Å². The smallest absolute Gasteiger partial charge is 0.237 e. The Morgan fingerprint density at radius 1 is 1.55 bits per heavy atom. The van der Waals surface area contributed by atoms with Crippen LogP contribution in [0.2, 0.25) is 0 Å². The van der Waals surface area contributed by atoms with Gasteiger partial charge in [0.05, 0.1) is 12.6 Å². The van der Waals surface area contributed by atoms with Crippen LogP contribution in [0.25, 0.3) is 0 Å². The molecule has 4 nitrogen and oxygen atoms in total. The standard InChI is InChI=1S/C15H21BrN2O2/c1-3-9(2)13(17)15(19)18-8-11-7-12(16)6-10-4-5-20-14(10)11/h6-7,9,13H,3-5,8,17H2,1-2H3,(H,18,19)/t9?,13-/m0/s1. The zero-order chi connectivity index (χ0) is 14.7. The van der Waals surface area contributed by atoms with Gasteiger partial charge < -0.3 is 15.8 Å². The largest absolute Gasteiger partial charge is 0.493 e. The Morgan fingerprint density at radius 2 is 2.30 bits per heavy atom. The topological polar surface area (TPSA) is 64.4 Å². The van der Waals surface area contributed by atoms with E-state index in [0.29, 0.717) is 13.2 Å². The minimum atomic E-state index is -0.457. The van der Waals surface area contributed by atoms with Gasteiger partial charge in [-0.05, 0) is 23.6 Å². The number of amides is 1. The van der Waals surface area contributed by atoms with Gasteiger partial charge in [0.1, 0.15) is 5.75 Å². The molecule has 0 saturated carbocycles. The van der Waals surface area contributed by atoms with Gasteiger partial charge in [-0.25, -0.2) is 0 Å². The fraction of sp³-hybridized carbons (Fsp3) is 0.533. The van der Waals surface area contributed by atoms with Crippen LogP contribution in [0.5, 0.6) is 5.75 Å². The molecule has 3 N–H and O–H groups in total. The van der Waals surface area contributed by atoms with Gasteiger partial charge in [0.15, 0.2) is 0 Å². The molecule has 0 fully saturated rings. The van der Waals surface area contributed by atoms with Crippen LogP contribution in [0.4, 0.5) is 0 Å². The summed E-state index contributed by atoms with van der Waals surface area (Å²) in [4.78, 5) is 12.0. The second-order valence-corrected chi connectivity index (χ2v) is 6.20. The third kappa shape index (κ3) is 3.33. The lowest BCUT2D eigenvalue weighted by atomic mass is 9.99. The van der Waals surface area contributed by atoms with E-state index in [9.17, 15) is 4.79 Å². The van der Waals surface area contributed by atoms with Crippen molar-refractivity contribution in [2.75, 3.05) is 6.61 Å². The predicted molar refractivity (Wildman–Crippen MR) is 82.6 cm³/mol. The Hall–Kier alpha value is -1.07. The quantitative estimate of drug-likeness (QED) is 0.864. The molecule has 0 bridgehead atoms. The molecule has 1 aliphatic heterocycles. The van der Waals surface area contributed by atoms with Crippen LogP contribution in [-0.4, -0.2) is 18.6 Å². The lowest BCUT2D eigenvalue weighted by molar-refractivity contribution is -0.123. The zero-order valence-corrected chi connectivity index (χ0v) is 13.5. The van der Waals surface area contributed by atoms with Gasteiger partial charge in [-0.3, -0.25) is 4.79 Å². The molecule has 20 heavy (non-hydrogen) atoms. The van der Waals surface area contributed by atoms with Gasteiger partial charge in [0.2, 0.25) is 5.91 Å². The molecule has 2 atom stereocenters. The number of ether oxygens (including phenoxy) is 1. The maximum Gasteiger partial charge on any atom is 0.237 e. The molecular weight excluding hydrogens is 320 g/mol. The van der Waals surface area contributed by atoms with Crippen molar-refractivity contribution < 1.29 is 9.53 Å². The van der Waals surface area contributed by atoms with Crippen molar-refractivity contribution >= 4 is 21.8 Å². The first kappa shape index (κ1) is 15.3. The van der Waals surface area contributed by atoms with Gasteiger partial charge >= 0.3 is 0 Å². The van der Waals surface area contributed by atoms with E-state index in [1.807, 2.05) is 19.9 Å². The molecule has 1 aliphatic rings. The van der Waals surface area contributed by atoms with Crippen molar-refractivity contribution in [2.24, 2.45) is 11.7 Å². The molecule has 5 heteroatoms. The third-order valence-corrected chi connectivity index (χ3v) is 4.30. The Bertz CT molecular complexity index is 505. The maximum absolute atomic E-state index is 12.0. The van der Waals surface area contributed by atoms with E-state index in [1.165, 1.54) is 5.56 Å². The van der Waals surface area contributed by atoms with E-state index < -0.39 is 6.04 Å². The van der Waals surface area contributed by atoms with E-state index in [2.05, 4.69) is 27.3 Å². The number of rotatable bonds is 5. The fourth-order valence-electron chi connectivity index (χ4n) is 2.29. The summed E-state index contributed by atoms with van der Waals surface area (Å²) < 4.78 is 6.65. The Balaban J connectivity index is 2.03. The molecule has 2 rings (SSSR count). The highest BCUT2D eigenvalue weighted by Gasteiger charge is 2.21. The molecule has 1 aromatic carbocycles.